The van der Waals surface area contributed by atoms with Crippen molar-refractivity contribution in [1.82, 2.24) is 10.6 Å². The molecule has 0 spiro atoms. The molecule has 0 unspecified atom stereocenters. The number of benzene rings is 3. The van der Waals surface area contributed by atoms with Crippen molar-refractivity contribution in [3.63, 3.8) is 0 Å². The van der Waals surface area contributed by atoms with Crippen LogP contribution >= 0.6 is 0 Å². The van der Waals surface area contributed by atoms with Gasteiger partial charge < -0.3 is 48.5 Å². The zero-order chi connectivity index (χ0) is 61.3. The van der Waals surface area contributed by atoms with Crippen LogP contribution in [0, 0.1) is 0 Å². The summed E-state index contributed by atoms with van der Waals surface area (Å²) in [6.45, 7) is 9.60. The Morgan fingerprint density at radius 1 is 0.388 bits per heavy atom. The second-order valence-electron chi connectivity index (χ2n) is 23.5. The molecular formula is C70H110N2O13. The van der Waals surface area contributed by atoms with Crippen molar-refractivity contribution in [2.24, 2.45) is 0 Å². The summed E-state index contributed by atoms with van der Waals surface area (Å²) in [5, 5.41) is 5.93. The Bertz CT molecular complexity index is 2230. The van der Waals surface area contributed by atoms with Crippen LogP contribution in [0.3, 0.4) is 0 Å². The monoisotopic (exact) mass is 1190 g/mol. The molecule has 0 saturated heterocycles. The SMILES string of the molecule is COC(=O)c1cc(OCCCCCCCCCCNC(=O)OC(C)(C)C)cc(OCCCCCCCCCCC(=O)NCCCCCCCCCCOc2cc(OCCCCCCCCCCC(=O)OCc3ccccc3)cc(C(=O)OC)c2)c1. The minimum Gasteiger partial charge on any atom is -0.493 e. The molecule has 3 rings (SSSR count). The first kappa shape index (κ1) is 73.3. The summed E-state index contributed by atoms with van der Waals surface area (Å²) in [6, 6.07) is 20.3. The van der Waals surface area contributed by atoms with Gasteiger partial charge >= 0.3 is 24.0 Å². The summed E-state index contributed by atoms with van der Waals surface area (Å²) in [5.74, 6) is 1.66. The number of carbonyl (C=O) groups excluding carboxylic acids is 5. The van der Waals surface area contributed by atoms with Crippen LogP contribution in [0.15, 0.2) is 66.7 Å². The first-order chi connectivity index (χ1) is 41.3. The van der Waals surface area contributed by atoms with Gasteiger partial charge in [-0.15, -0.1) is 0 Å². The highest BCUT2D eigenvalue weighted by Crippen LogP contribution is 2.27. The second-order valence-corrected chi connectivity index (χ2v) is 23.5. The van der Waals surface area contributed by atoms with Crippen molar-refractivity contribution in [1.29, 1.82) is 0 Å². The smallest absolute Gasteiger partial charge is 0.407 e. The van der Waals surface area contributed by atoms with Gasteiger partial charge in [-0.25, -0.2) is 14.4 Å². The molecule has 0 bridgehead atoms. The van der Waals surface area contributed by atoms with Crippen molar-refractivity contribution in [3.8, 4) is 23.0 Å². The van der Waals surface area contributed by atoms with Crippen LogP contribution in [-0.2, 0) is 35.1 Å². The number of rotatable bonds is 52. The predicted molar refractivity (Wildman–Crippen MR) is 338 cm³/mol. The van der Waals surface area contributed by atoms with E-state index in [9.17, 15) is 24.0 Å². The molecule has 15 nitrogen and oxygen atoms in total. The molecule has 3 aromatic carbocycles. The number of methoxy groups -OCH3 is 2. The summed E-state index contributed by atoms with van der Waals surface area (Å²) in [5.41, 5.74) is 1.37. The Labute approximate surface area is 511 Å². The molecule has 0 heterocycles. The Morgan fingerprint density at radius 3 is 1.08 bits per heavy atom. The molecule has 85 heavy (non-hydrogen) atoms. The van der Waals surface area contributed by atoms with E-state index in [-0.39, 0.29) is 18.0 Å². The molecule has 0 saturated carbocycles. The third-order valence-corrected chi connectivity index (χ3v) is 14.6. The molecule has 0 aliphatic rings. The molecule has 0 aliphatic heterocycles. The van der Waals surface area contributed by atoms with E-state index in [4.69, 9.17) is 37.9 Å². The number of nitrogens with one attached hydrogen (secondary N) is 2. The van der Waals surface area contributed by atoms with Gasteiger partial charge in [0.15, 0.2) is 0 Å². The number of ether oxygens (including phenoxy) is 8. The third-order valence-electron chi connectivity index (χ3n) is 14.6. The molecule has 0 aliphatic carbocycles. The maximum atomic E-state index is 12.4. The third kappa shape index (κ3) is 40.1. The average Bonchev–Trinajstić information content (AvgIpc) is 3.70. The maximum absolute atomic E-state index is 12.4. The fraction of sp³-hybridized carbons (Fsp3) is 0.671. The van der Waals surface area contributed by atoms with Crippen LogP contribution < -0.4 is 29.6 Å². The Kier molecular flexibility index (Phi) is 41.5. The fourth-order valence-corrected chi connectivity index (χ4v) is 9.80. The lowest BCUT2D eigenvalue weighted by Gasteiger charge is -2.19. The second kappa shape index (κ2) is 48.2. The minimum atomic E-state index is -0.474. The van der Waals surface area contributed by atoms with E-state index in [0.29, 0.717) is 86.5 Å². The topological polar surface area (TPSA) is 183 Å². The highest BCUT2D eigenvalue weighted by atomic mass is 16.6. The minimum absolute atomic E-state index is 0.127. The van der Waals surface area contributed by atoms with E-state index in [1.807, 2.05) is 63.2 Å². The van der Waals surface area contributed by atoms with E-state index in [1.54, 1.807) is 24.3 Å². The Hall–Kier alpha value is -5.99. The Morgan fingerprint density at radius 2 is 0.718 bits per heavy atom. The molecule has 3 aromatic rings. The van der Waals surface area contributed by atoms with Gasteiger partial charge in [-0.2, -0.15) is 0 Å². The van der Waals surface area contributed by atoms with Crippen LogP contribution in [0.25, 0.3) is 0 Å². The van der Waals surface area contributed by atoms with E-state index in [1.165, 1.54) is 59.2 Å². The molecule has 0 atom stereocenters. The van der Waals surface area contributed by atoms with Gasteiger partial charge in [0.2, 0.25) is 5.91 Å². The summed E-state index contributed by atoms with van der Waals surface area (Å²) >= 11 is 0. The van der Waals surface area contributed by atoms with Crippen LogP contribution in [0.5, 0.6) is 23.0 Å². The zero-order valence-electron chi connectivity index (χ0n) is 53.1. The summed E-state index contributed by atoms with van der Waals surface area (Å²) < 4.78 is 44.8. The number of unbranched alkanes of at least 4 members (excludes halogenated alkanes) is 28. The number of alkyl carbamates (subject to hydrolysis) is 1. The van der Waals surface area contributed by atoms with Gasteiger partial charge in [0.05, 0.1) is 51.8 Å². The number of hydrogen-bond donors (Lipinski definition) is 2. The molecular weight excluding hydrogens is 1080 g/mol. The number of amides is 2. The normalized spacial score (nSPS) is 11.2. The molecule has 2 N–H and O–H groups in total. The van der Waals surface area contributed by atoms with Crippen molar-refractivity contribution in [2.45, 2.75) is 251 Å². The van der Waals surface area contributed by atoms with Gasteiger partial charge in [0, 0.05) is 38.1 Å². The van der Waals surface area contributed by atoms with Crippen LogP contribution in [-0.4, -0.2) is 89.2 Å². The molecule has 0 radical (unpaired) electrons. The first-order valence-electron chi connectivity index (χ1n) is 32.8. The maximum Gasteiger partial charge on any atom is 0.407 e. The van der Waals surface area contributed by atoms with Crippen LogP contribution in [0.1, 0.15) is 265 Å². The highest BCUT2D eigenvalue weighted by Gasteiger charge is 2.16. The zero-order valence-corrected chi connectivity index (χ0v) is 53.1. The molecule has 0 fully saturated rings. The van der Waals surface area contributed by atoms with Gasteiger partial charge in [-0.3, -0.25) is 9.59 Å². The molecule has 478 valence electrons. The standard InChI is InChI=1S/C70H110N2O13/c1-70(2,3)85-69(77)72-46-36-25-17-9-13-21-29-40-50-83-64-54-59(67(75)78-4)51-61(55-64)80-47-37-26-18-10-6-14-22-33-43-65(73)71-45-35-24-16-8-12-20-28-39-49-82-63-53-60(68(76)79-5)52-62(56-63)81-48-38-27-19-11-7-15-23-34-44-66(74)84-57-58-41-31-30-32-42-58/h30-32,41-42,51-56H,6-29,33-40,43-50,57H2,1-5H3,(H,71,73)(H,72,77). The quantitative estimate of drug-likeness (QED) is 0.0310. The van der Waals surface area contributed by atoms with E-state index in [0.717, 1.165) is 173 Å². The summed E-state index contributed by atoms with van der Waals surface area (Å²) in [6.07, 6.45) is 35.4. The highest BCUT2D eigenvalue weighted by molar-refractivity contribution is 5.91. The number of carbonyl (C=O) groups is 5. The molecule has 2 amide bonds. The van der Waals surface area contributed by atoms with Gasteiger partial charge in [-0.1, -0.05) is 184 Å². The van der Waals surface area contributed by atoms with Crippen molar-refractivity contribution < 1.29 is 61.9 Å². The van der Waals surface area contributed by atoms with Crippen LogP contribution in [0.4, 0.5) is 4.79 Å². The lowest BCUT2D eigenvalue weighted by Crippen LogP contribution is -2.32. The average molecular weight is 1190 g/mol. The molecule has 15 heteroatoms. The summed E-state index contributed by atoms with van der Waals surface area (Å²) in [4.78, 5) is 60.9. The van der Waals surface area contributed by atoms with Gasteiger partial charge in [0.25, 0.3) is 0 Å². The Balaban J connectivity index is 1.09. The van der Waals surface area contributed by atoms with Crippen molar-refractivity contribution in [2.75, 3.05) is 53.7 Å². The first-order valence-corrected chi connectivity index (χ1v) is 32.8. The van der Waals surface area contributed by atoms with Crippen LogP contribution in [0.2, 0.25) is 0 Å². The summed E-state index contributed by atoms with van der Waals surface area (Å²) in [7, 11) is 2.75. The molecule has 0 aromatic heterocycles. The number of hydrogen-bond acceptors (Lipinski definition) is 13. The van der Waals surface area contributed by atoms with Crippen molar-refractivity contribution in [3.05, 3.63) is 83.4 Å². The number of esters is 3. The largest absolute Gasteiger partial charge is 0.493 e. The lowest BCUT2D eigenvalue weighted by molar-refractivity contribution is -0.145. The van der Waals surface area contributed by atoms with E-state index < -0.39 is 17.5 Å². The lowest BCUT2D eigenvalue weighted by atomic mass is 10.1. The van der Waals surface area contributed by atoms with Gasteiger partial charge in [-0.05, 0) is 102 Å². The van der Waals surface area contributed by atoms with Crippen molar-refractivity contribution >= 4 is 29.9 Å². The predicted octanol–water partition coefficient (Wildman–Crippen LogP) is 17.1. The fourth-order valence-electron chi connectivity index (χ4n) is 9.80. The van der Waals surface area contributed by atoms with Gasteiger partial charge in [0.1, 0.15) is 35.2 Å². The van der Waals surface area contributed by atoms with E-state index in [2.05, 4.69) is 10.6 Å². The van der Waals surface area contributed by atoms with E-state index >= 15 is 0 Å².